The van der Waals surface area contributed by atoms with Crippen LogP contribution in [-0.4, -0.2) is 9.97 Å². The number of aromatic amines is 1. The number of benzene rings is 2. The van der Waals surface area contributed by atoms with E-state index in [2.05, 4.69) is 25.9 Å². The first kappa shape index (κ1) is 11.2. The summed E-state index contributed by atoms with van der Waals surface area (Å²) in [6.45, 7) is 0. The molecule has 3 aromatic rings. The van der Waals surface area contributed by atoms with Crippen molar-refractivity contribution in [3.63, 3.8) is 0 Å². The number of aromatic nitrogens is 2. The number of rotatable bonds is 1. The molecule has 0 saturated heterocycles. The van der Waals surface area contributed by atoms with Gasteiger partial charge < -0.3 is 10.7 Å². The van der Waals surface area contributed by atoms with E-state index in [1.54, 1.807) is 18.2 Å². The van der Waals surface area contributed by atoms with Crippen LogP contribution in [0.5, 0.6) is 0 Å². The standard InChI is InChI=1S/C13H9BrFN3/c14-8-5-4-7(6-9(8)15)13-17-11-3-1-2-10(16)12(11)18-13/h1-6H,16H2,(H,17,18). The summed E-state index contributed by atoms with van der Waals surface area (Å²) in [4.78, 5) is 7.52. The highest BCUT2D eigenvalue weighted by atomic mass is 79.9. The first-order valence-electron chi connectivity index (χ1n) is 5.35. The van der Waals surface area contributed by atoms with Crippen molar-refractivity contribution in [3.8, 4) is 11.4 Å². The van der Waals surface area contributed by atoms with E-state index < -0.39 is 0 Å². The van der Waals surface area contributed by atoms with E-state index in [0.29, 0.717) is 27.1 Å². The van der Waals surface area contributed by atoms with Gasteiger partial charge in [0, 0.05) is 5.56 Å². The van der Waals surface area contributed by atoms with Crippen molar-refractivity contribution < 1.29 is 4.39 Å². The molecule has 0 aliphatic carbocycles. The zero-order chi connectivity index (χ0) is 12.7. The highest BCUT2D eigenvalue weighted by Gasteiger charge is 2.09. The summed E-state index contributed by atoms with van der Waals surface area (Å²) in [5.41, 5.74) is 8.67. The van der Waals surface area contributed by atoms with Gasteiger partial charge in [-0.1, -0.05) is 6.07 Å². The lowest BCUT2D eigenvalue weighted by Gasteiger charge is -1.98. The van der Waals surface area contributed by atoms with Gasteiger partial charge in [-0.25, -0.2) is 9.37 Å². The fraction of sp³-hybridized carbons (Fsp3) is 0. The number of fused-ring (bicyclic) bond motifs is 1. The Balaban J connectivity index is 2.19. The molecule has 18 heavy (non-hydrogen) atoms. The van der Waals surface area contributed by atoms with Gasteiger partial charge in [0.25, 0.3) is 0 Å². The van der Waals surface area contributed by atoms with Gasteiger partial charge in [0.05, 0.1) is 15.7 Å². The number of hydrogen-bond donors (Lipinski definition) is 2. The van der Waals surface area contributed by atoms with Crippen LogP contribution in [0.15, 0.2) is 40.9 Å². The third-order valence-corrected chi connectivity index (χ3v) is 3.38. The molecule has 3 nitrogen and oxygen atoms in total. The summed E-state index contributed by atoms with van der Waals surface area (Å²) in [5.74, 6) is 0.287. The SMILES string of the molecule is Nc1cccc2[nH]c(-c3ccc(Br)c(F)c3)nc12. The number of nitrogens with two attached hydrogens (primary N) is 1. The van der Waals surface area contributed by atoms with Crippen molar-refractivity contribution in [1.29, 1.82) is 0 Å². The van der Waals surface area contributed by atoms with Crippen molar-refractivity contribution in [2.75, 3.05) is 5.73 Å². The Bertz CT molecular complexity index is 736. The fourth-order valence-electron chi connectivity index (χ4n) is 1.83. The number of anilines is 1. The van der Waals surface area contributed by atoms with E-state index in [9.17, 15) is 4.39 Å². The Labute approximate surface area is 111 Å². The van der Waals surface area contributed by atoms with Gasteiger partial charge in [-0.2, -0.15) is 0 Å². The maximum absolute atomic E-state index is 13.5. The van der Waals surface area contributed by atoms with E-state index in [-0.39, 0.29) is 5.82 Å². The van der Waals surface area contributed by atoms with Crippen molar-refractivity contribution in [2.24, 2.45) is 0 Å². The van der Waals surface area contributed by atoms with Crippen LogP contribution in [0.1, 0.15) is 0 Å². The second kappa shape index (κ2) is 4.10. The smallest absolute Gasteiger partial charge is 0.138 e. The molecule has 3 N–H and O–H groups in total. The highest BCUT2D eigenvalue weighted by molar-refractivity contribution is 9.10. The Morgan fingerprint density at radius 1 is 1.22 bits per heavy atom. The molecule has 1 aromatic heterocycles. The molecule has 0 unspecified atom stereocenters. The van der Waals surface area contributed by atoms with Gasteiger partial charge in [-0.3, -0.25) is 0 Å². The highest BCUT2D eigenvalue weighted by Crippen LogP contribution is 2.26. The summed E-state index contributed by atoms with van der Waals surface area (Å²) < 4.78 is 13.9. The van der Waals surface area contributed by atoms with Crippen molar-refractivity contribution in [1.82, 2.24) is 9.97 Å². The summed E-state index contributed by atoms with van der Waals surface area (Å²) in [5, 5.41) is 0. The first-order valence-corrected chi connectivity index (χ1v) is 6.14. The van der Waals surface area contributed by atoms with E-state index >= 15 is 0 Å². The van der Waals surface area contributed by atoms with Crippen LogP contribution < -0.4 is 5.73 Å². The summed E-state index contributed by atoms with van der Waals surface area (Å²) >= 11 is 3.12. The molecule has 0 amide bonds. The molecule has 0 fully saturated rings. The van der Waals surface area contributed by atoms with Crippen molar-refractivity contribution >= 4 is 32.7 Å². The predicted octanol–water partition coefficient (Wildman–Crippen LogP) is 3.71. The number of hydrogen-bond acceptors (Lipinski definition) is 2. The second-order valence-corrected chi connectivity index (χ2v) is 4.81. The topological polar surface area (TPSA) is 54.7 Å². The minimum Gasteiger partial charge on any atom is -0.397 e. The summed E-state index contributed by atoms with van der Waals surface area (Å²) in [6, 6.07) is 10.4. The number of H-pyrrole nitrogens is 1. The zero-order valence-electron chi connectivity index (χ0n) is 9.24. The maximum Gasteiger partial charge on any atom is 0.138 e. The second-order valence-electron chi connectivity index (χ2n) is 3.96. The third-order valence-electron chi connectivity index (χ3n) is 2.74. The molecule has 2 aromatic carbocycles. The third kappa shape index (κ3) is 1.76. The van der Waals surface area contributed by atoms with Crippen LogP contribution in [0.25, 0.3) is 22.4 Å². The number of para-hydroxylation sites is 1. The zero-order valence-corrected chi connectivity index (χ0v) is 10.8. The van der Waals surface area contributed by atoms with Crippen LogP contribution in [0.2, 0.25) is 0 Å². The largest absolute Gasteiger partial charge is 0.397 e. The van der Waals surface area contributed by atoms with E-state index in [4.69, 9.17) is 5.73 Å². The van der Waals surface area contributed by atoms with Gasteiger partial charge in [-0.15, -0.1) is 0 Å². The maximum atomic E-state index is 13.5. The minimum atomic E-state index is -0.319. The summed E-state index contributed by atoms with van der Waals surface area (Å²) in [6.07, 6.45) is 0. The molecule has 1 heterocycles. The molecule has 0 aliphatic rings. The Hall–Kier alpha value is -1.88. The number of nitrogen functional groups attached to an aromatic ring is 1. The van der Waals surface area contributed by atoms with E-state index in [1.807, 2.05) is 12.1 Å². The summed E-state index contributed by atoms with van der Waals surface area (Å²) in [7, 11) is 0. The average Bonchev–Trinajstić information content (AvgIpc) is 2.78. The molecule has 0 spiro atoms. The van der Waals surface area contributed by atoms with Gasteiger partial charge in [0.2, 0.25) is 0 Å². The van der Waals surface area contributed by atoms with Crippen LogP contribution in [0.4, 0.5) is 10.1 Å². The fourth-order valence-corrected chi connectivity index (χ4v) is 2.08. The number of nitrogens with zero attached hydrogens (tertiary/aromatic N) is 1. The molecule has 0 saturated carbocycles. The minimum absolute atomic E-state index is 0.319. The molecule has 3 rings (SSSR count). The average molecular weight is 306 g/mol. The molecule has 90 valence electrons. The molecule has 0 radical (unpaired) electrons. The van der Waals surface area contributed by atoms with Crippen LogP contribution in [-0.2, 0) is 0 Å². The van der Waals surface area contributed by atoms with Gasteiger partial charge in [-0.05, 0) is 46.3 Å². The van der Waals surface area contributed by atoms with Gasteiger partial charge in [0.1, 0.15) is 17.2 Å². The van der Waals surface area contributed by atoms with Gasteiger partial charge >= 0.3 is 0 Å². The Kier molecular flexibility index (Phi) is 2.56. The number of halogens is 2. The normalized spacial score (nSPS) is 11.0. The predicted molar refractivity (Wildman–Crippen MR) is 73.6 cm³/mol. The van der Waals surface area contributed by atoms with Crippen LogP contribution in [0.3, 0.4) is 0 Å². The van der Waals surface area contributed by atoms with E-state index in [0.717, 1.165) is 5.52 Å². The lowest BCUT2D eigenvalue weighted by Crippen LogP contribution is -1.85. The lowest BCUT2D eigenvalue weighted by atomic mass is 10.2. The van der Waals surface area contributed by atoms with Crippen LogP contribution >= 0.6 is 15.9 Å². The molecule has 0 bridgehead atoms. The lowest BCUT2D eigenvalue weighted by molar-refractivity contribution is 0.621. The molecular weight excluding hydrogens is 297 g/mol. The number of nitrogens with one attached hydrogen (secondary N) is 1. The van der Waals surface area contributed by atoms with Crippen LogP contribution in [0, 0.1) is 5.82 Å². The Morgan fingerprint density at radius 3 is 2.78 bits per heavy atom. The Morgan fingerprint density at radius 2 is 2.06 bits per heavy atom. The monoisotopic (exact) mass is 305 g/mol. The van der Waals surface area contributed by atoms with Crippen molar-refractivity contribution in [3.05, 3.63) is 46.7 Å². The quantitative estimate of drug-likeness (QED) is 0.673. The number of imidazole rings is 1. The van der Waals surface area contributed by atoms with Crippen molar-refractivity contribution in [2.45, 2.75) is 0 Å². The first-order chi connectivity index (χ1) is 8.65. The van der Waals surface area contributed by atoms with E-state index in [1.165, 1.54) is 6.07 Å². The molecule has 5 heteroatoms. The molecular formula is C13H9BrFN3. The molecule has 0 aliphatic heterocycles. The van der Waals surface area contributed by atoms with Gasteiger partial charge in [0.15, 0.2) is 0 Å². The molecule has 0 atom stereocenters.